The van der Waals surface area contributed by atoms with Crippen LogP contribution in [0.3, 0.4) is 0 Å². The summed E-state index contributed by atoms with van der Waals surface area (Å²) >= 11 is 0. The smallest absolute Gasteiger partial charge is 0.239 e. The Bertz CT molecular complexity index is 594. The third-order valence-electron chi connectivity index (χ3n) is 3.81. The second-order valence-corrected chi connectivity index (χ2v) is 5.61. The van der Waals surface area contributed by atoms with E-state index >= 15 is 0 Å². The van der Waals surface area contributed by atoms with Gasteiger partial charge in [0.25, 0.3) is 0 Å². The van der Waals surface area contributed by atoms with Crippen molar-refractivity contribution in [2.75, 3.05) is 13.6 Å². The zero-order valence-corrected chi connectivity index (χ0v) is 13.3. The molecule has 118 valence electrons. The molecule has 2 aromatic rings. The fourth-order valence-corrected chi connectivity index (χ4v) is 2.46. The monoisotopic (exact) mass is 300 g/mol. The van der Waals surface area contributed by atoms with Crippen molar-refractivity contribution in [3.8, 4) is 0 Å². The highest BCUT2D eigenvalue weighted by molar-refractivity contribution is 5.81. The number of rotatable bonds is 7. The van der Waals surface area contributed by atoms with Crippen molar-refractivity contribution in [2.24, 2.45) is 12.8 Å². The van der Waals surface area contributed by atoms with Gasteiger partial charge in [-0.3, -0.25) is 4.79 Å². The van der Waals surface area contributed by atoms with Gasteiger partial charge in [0.05, 0.1) is 6.04 Å². The first-order chi connectivity index (χ1) is 10.6. The lowest BCUT2D eigenvalue weighted by Crippen LogP contribution is -2.43. The fraction of sp³-hybridized carbons (Fsp3) is 0.412. The molecule has 0 saturated heterocycles. The molecule has 5 nitrogen and oxygen atoms in total. The van der Waals surface area contributed by atoms with Crippen LogP contribution in [0.2, 0.25) is 0 Å². The second-order valence-electron chi connectivity index (χ2n) is 5.61. The Morgan fingerprint density at radius 3 is 2.73 bits per heavy atom. The third kappa shape index (κ3) is 4.43. The quantitative estimate of drug-likeness (QED) is 0.840. The summed E-state index contributed by atoms with van der Waals surface area (Å²) in [5, 5.41) is 0. The van der Waals surface area contributed by atoms with Gasteiger partial charge in [-0.15, -0.1) is 0 Å². The van der Waals surface area contributed by atoms with E-state index in [0.29, 0.717) is 13.0 Å². The maximum Gasteiger partial charge on any atom is 0.239 e. The Balaban J connectivity index is 1.77. The molecule has 1 aromatic carbocycles. The van der Waals surface area contributed by atoms with E-state index in [2.05, 4.69) is 4.98 Å². The topological polar surface area (TPSA) is 64.2 Å². The lowest BCUT2D eigenvalue weighted by Gasteiger charge is -2.21. The molecule has 2 rings (SSSR count). The molecule has 0 unspecified atom stereocenters. The van der Waals surface area contributed by atoms with Gasteiger partial charge >= 0.3 is 0 Å². The molecule has 1 heterocycles. The zero-order chi connectivity index (χ0) is 15.9. The summed E-state index contributed by atoms with van der Waals surface area (Å²) in [6.07, 6.45) is 6.03. The number of hydrogen-bond acceptors (Lipinski definition) is 3. The average Bonchev–Trinajstić information content (AvgIpc) is 2.92. The van der Waals surface area contributed by atoms with Gasteiger partial charge in [0, 0.05) is 39.5 Å². The van der Waals surface area contributed by atoms with E-state index in [4.69, 9.17) is 5.73 Å². The van der Waals surface area contributed by atoms with E-state index in [9.17, 15) is 4.79 Å². The number of amides is 1. The number of aryl methyl sites for hydroxylation is 2. The number of nitrogens with zero attached hydrogens (tertiary/aromatic N) is 3. The Morgan fingerprint density at radius 2 is 2.09 bits per heavy atom. The summed E-state index contributed by atoms with van der Waals surface area (Å²) in [7, 11) is 3.79. The van der Waals surface area contributed by atoms with Gasteiger partial charge < -0.3 is 15.2 Å². The van der Waals surface area contributed by atoms with Gasteiger partial charge in [0.15, 0.2) is 0 Å². The second kappa shape index (κ2) is 7.75. The molecular formula is C17H24N4O. The number of benzene rings is 1. The van der Waals surface area contributed by atoms with Crippen molar-refractivity contribution in [1.29, 1.82) is 0 Å². The van der Waals surface area contributed by atoms with E-state index in [1.54, 1.807) is 11.1 Å². The van der Waals surface area contributed by atoms with Crippen molar-refractivity contribution in [1.82, 2.24) is 14.5 Å². The zero-order valence-electron chi connectivity index (χ0n) is 13.3. The van der Waals surface area contributed by atoms with E-state index in [1.165, 1.54) is 0 Å². The van der Waals surface area contributed by atoms with Crippen molar-refractivity contribution in [2.45, 2.75) is 25.3 Å². The van der Waals surface area contributed by atoms with Gasteiger partial charge in [-0.25, -0.2) is 4.98 Å². The molecular weight excluding hydrogens is 276 g/mol. The molecule has 0 radical (unpaired) electrons. The maximum absolute atomic E-state index is 12.3. The van der Waals surface area contributed by atoms with Crippen molar-refractivity contribution >= 4 is 5.91 Å². The molecule has 1 aromatic heterocycles. The summed E-state index contributed by atoms with van der Waals surface area (Å²) in [4.78, 5) is 18.3. The number of carbonyl (C=O) groups excluding carboxylic acids is 1. The maximum atomic E-state index is 12.3. The molecule has 22 heavy (non-hydrogen) atoms. The third-order valence-corrected chi connectivity index (χ3v) is 3.81. The molecule has 0 saturated carbocycles. The fourth-order valence-electron chi connectivity index (χ4n) is 2.46. The van der Waals surface area contributed by atoms with Crippen LogP contribution < -0.4 is 5.73 Å². The normalized spacial score (nSPS) is 12.1. The van der Waals surface area contributed by atoms with Crippen LogP contribution in [0.5, 0.6) is 0 Å². The summed E-state index contributed by atoms with van der Waals surface area (Å²) in [5.41, 5.74) is 7.12. The number of carbonyl (C=O) groups is 1. The van der Waals surface area contributed by atoms with Crippen LogP contribution in [0.1, 0.15) is 17.8 Å². The lowest BCUT2D eigenvalue weighted by molar-refractivity contribution is -0.131. The SMILES string of the molecule is CN(CCCc1nccn1C)C(=O)[C@@H](N)Cc1ccccc1. The molecule has 1 atom stereocenters. The first-order valence-electron chi connectivity index (χ1n) is 7.58. The van der Waals surface area contributed by atoms with E-state index in [1.807, 2.05) is 55.2 Å². The van der Waals surface area contributed by atoms with Crippen molar-refractivity contribution in [3.05, 3.63) is 54.1 Å². The van der Waals surface area contributed by atoms with Crippen molar-refractivity contribution < 1.29 is 4.79 Å². The first-order valence-corrected chi connectivity index (χ1v) is 7.58. The summed E-state index contributed by atoms with van der Waals surface area (Å²) < 4.78 is 2.00. The van der Waals surface area contributed by atoms with Crippen LogP contribution >= 0.6 is 0 Å². The number of imidazole rings is 1. The van der Waals surface area contributed by atoms with Gasteiger partial charge in [0.1, 0.15) is 5.82 Å². The Morgan fingerprint density at radius 1 is 1.36 bits per heavy atom. The van der Waals surface area contributed by atoms with Crippen LogP contribution in [0.4, 0.5) is 0 Å². The van der Waals surface area contributed by atoms with Crippen molar-refractivity contribution in [3.63, 3.8) is 0 Å². The first kappa shape index (κ1) is 16.2. The van der Waals surface area contributed by atoms with Crippen LogP contribution in [0.15, 0.2) is 42.7 Å². The number of aromatic nitrogens is 2. The molecule has 1 amide bonds. The predicted molar refractivity (Wildman–Crippen MR) is 87.3 cm³/mol. The molecule has 0 spiro atoms. The minimum Gasteiger partial charge on any atom is -0.344 e. The Kier molecular flexibility index (Phi) is 5.72. The molecule has 0 fully saturated rings. The van der Waals surface area contributed by atoms with E-state index in [-0.39, 0.29) is 5.91 Å². The van der Waals surface area contributed by atoms with Gasteiger partial charge in [-0.05, 0) is 18.4 Å². The van der Waals surface area contributed by atoms with Crippen LogP contribution in [0.25, 0.3) is 0 Å². The molecule has 0 bridgehead atoms. The van der Waals surface area contributed by atoms with Gasteiger partial charge in [0.2, 0.25) is 5.91 Å². The molecule has 2 N–H and O–H groups in total. The van der Waals surface area contributed by atoms with Gasteiger partial charge in [-0.2, -0.15) is 0 Å². The van der Waals surface area contributed by atoms with Crippen LogP contribution in [0, 0.1) is 0 Å². The molecule has 0 aliphatic carbocycles. The summed E-state index contributed by atoms with van der Waals surface area (Å²) in [5.74, 6) is 1.03. The Labute approximate surface area is 131 Å². The standard InChI is InChI=1S/C17H24N4O/c1-20-12-10-19-16(20)9-6-11-21(2)17(22)15(18)13-14-7-4-3-5-8-14/h3-5,7-8,10,12,15H,6,9,11,13,18H2,1-2H3/t15-/m0/s1. The predicted octanol–water partition coefficient (Wildman–Crippen LogP) is 1.38. The van der Waals surface area contributed by atoms with Crippen LogP contribution in [-0.4, -0.2) is 40.0 Å². The number of likely N-dealkylation sites (N-methyl/N-ethyl adjacent to an activating group) is 1. The summed E-state index contributed by atoms with van der Waals surface area (Å²) in [6.45, 7) is 0.689. The highest BCUT2D eigenvalue weighted by Crippen LogP contribution is 2.05. The highest BCUT2D eigenvalue weighted by atomic mass is 16.2. The minimum absolute atomic E-state index is 0.0105. The molecule has 0 aliphatic rings. The van der Waals surface area contributed by atoms with Gasteiger partial charge in [-0.1, -0.05) is 30.3 Å². The highest BCUT2D eigenvalue weighted by Gasteiger charge is 2.18. The molecule has 0 aliphatic heterocycles. The number of hydrogen-bond donors (Lipinski definition) is 1. The largest absolute Gasteiger partial charge is 0.344 e. The van der Waals surface area contributed by atoms with Crippen LogP contribution in [-0.2, 0) is 24.7 Å². The van der Waals surface area contributed by atoms with E-state index in [0.717, 1.165) is 24.2 Å². The van der Waals surface area contributed by atoms with E-state index < -0.39 is 6.04 Å². The number of nitrogens with two attached hydrogens (primary N) is 1. The minimum atomic E-state index is -0.486. The summed E-state index contributed by atoms with van der Waals surface area (Å²) in [6, 6.07) is 9.38. The Hall–Kier alpha value is -2.14. The lowest BCUT2D eigenvalue weighted by atomic mass is 10.1. The molecule has 5 heteroatoms. The average molecular weight is 300 g/mol.